The monoisotopic (exact) mass is 275 g/mol. The second kappa shape index (κ2) is 7.68. The average molecular weight is 275 g/mol. The van der Waals surface area contributed by atoms with Crippen molar-refractivity contribution in [1.29, 1.82) is 0 Å². The quantitative estimate of drug-likeness (QED) is 0.754. The van der Waals surface area contributed by atoms with Crippen molar-refractivity contribution in [3.63, 3.8) is 0 Å². The molecule has 2 nitrogen and oxygen atoms in total. The zero-order valence-corrected chi connectivity index (χ0v) is 13.2. The van der Waals surface area contributed by atoms with E-state index in [4.69, 9.17) is 4.74 Å². The van der Waals surface area contributed by atoms with Crippen LogP contribution in [0.4, 0.5) is 5.69 Å². The molecule has 112 valence electrons. The Morgan fingerprint density at radius 1 is 1.05 bits per heavy atom. The molecule has 0 radical (unpaired) electrons. The molecule has 2 rings (SSSR count). The highest BCUT2D eigenvalue weighted by Gasteiger charge is 2.24. The number of anilines is 1. The van der Waals surface area contributed by atoms with Crippen molar-refractivity contribution in [3.8, 4) is 0 Å². The number of hydrogen-bond donors (Lipinski definition) is 1. The molecule has 1 heterocycles. The molecule has 2 heteroatoms. The lowest BCUT2D eigenvalue weighted by Crippen LogP contribution is -2.36. The van der Waals surface area contributed by atoms with Gasteiger partial charge in [0.25, 0.3) is 0 Å². The Labute approximate surface area is 123 Å². The van der Waals surface area contributed by atoms with Crippen LogP contribution in [0.2, 0.25) is 0 Å². The number of ether oxygens (including phenoxy) is 1. The van der Waals surface area contributed by atoms with Crippen molar-refractivity contribution in [1.82, 2.24) is 0 Å². The van der Waals surface area contributed by atoms with E-state index < -0.39 is 0 Å². The topological polar surface area (TPSA) is 21.3 Å². The van der Waals surface area contributed by atoms with Gasteiger partial charge in [-0.25, -0.2) is 0 Å². The molecule has 20 heavy (non-hydrogen) atoms. The molecule has 0 aromatic heterocycles. The molecule has 1 saturated heterocycles. The predicted octanol–water partition coefficient (Wildman–Crippen LogP) is 4.79. The van der Waals surface area contributed by atoms with Crippen LogP contribution in [0.15, 0.2) is 24.3 Å². The zero-order chi connectivity index (χ0) is 14.4. The molecule has 1 N–H and O–H groups in total. The van der Waals surface area contributed by atoms with Gasteiger partial charge in [0.2, 0.25) is 0 Å². The second-order valence-corrected chi connectivity index (χ2v) is 6.22. The highest BCUT2D eigenvalue weighted by molar-refractivity contribution is 5.45. The molecule has 0 amide bonds. The maximum atomic E-state index is 5.79. The van der Waals surface area contributed by atoms with Crippen LogP contribution in [-0.2, 0) is 11.2 Å². The fraction of sp³-hybridized carbons (Fsp3) is 0.667. The predicted molar refractivity (Wildman–Crippen MR) is 86.3 cm³/mol. The molecule has 0 spiro atoms. The van der Waals surface area contributed by atoms with Gasteiger partial charge in [0.15, 0.2) is 0 Å². The lowest BCUT2D eigenvalue weighted by atomic mass is 9.99. The summed E-state index contributed by atoms with van der Waals surface area (Å²) in [5.41, 5.74) is 2.70. The van der Waals surface area contributed by atoms with E-state index in [9.17, 15) is 0 Å². The van der Waals surface area contributed by atoms with E-state index in [-0.39, 0.29) is 0 Å². The minimum absolute atomic E-state index is 0.365. The van der Waals surface area contributed by atoms with E-state index in [0.29, 0.717) is 18.2 Å². The Kier molecular flexibility index (Phi) is 5.90. The first-order valence-corrected chi connectivity index (χ1v) is 8.18. The van der Waals surface area contributed by atoms with E-state index in [2.05, 4.69) is 50.4 Å². The van der Waals surface area contributed by atoms with Gasteiger partial charge in [0.05, 0.1) is 12.2 Å². The van der Waals surface area contributed by atoms with Crippen LogP contribution in [0, 0.1) is 0 Å². The van der Waals surface area contributed by atoms with Gasteiger partial charge >= 0.3 is 0 Å². The zero-order valence-electron chi connectivity index (χ0n) is 13.2. The molecular weight excluding hydrogens is 246 g/mol. The first kappa shape index (κ1) is 15.4. The van der Waals surface area contributed by atoms with Crippen molar-refractivity contribution in [3.05, 3.63) is 29.8 Å². The van der Waals surface area contributed by atoms with E-state index in [0.717, 1.165) is 12.8 Å². The summed E-state index contributed by atoms with van der Waals surface area (Å²) in [6.45, 7) is 6.59. The maximum absolute atomic E-state index is 5.79. The minimum Gasteiger partial charge on any atom is -0.382 e. The third-order valence-corrected chi connectivity index (χ3v) is 4.09. The summed E-state index contributed by atoms with van der Waals surface area (Å²) in [5.74, 6) is 0. The van der Waals surface area contributed by atoms with Crippen molar-refractivity contribution >= 4 is 5.69 Å². The molecule has 0 aliphatic carbocycles. The Hall–Kier alpha value is -1.02. The third kappa shape index (κ3) is 4.82. The fourth-order valence-corrected chi connectivity index (χ4v) is 3.11. The van der Waals surface area contributed by atoms with Gasteiger partial charge in [0.1, 0.15) is 0 Å². The summed E-state index contributed by atoms with van der Waals surface area (Å²) in [4.78, 5) is 0. The van der Waals surface area contributed by atoms with Crippen LogP contribution in [0.3, 0.4) is 0 Å². The van der Waals surface area contributed by atoms with Gasteiger partial charge < -0.3 is 10.1 Å². The summed E-state index contributed by atoms with van der Waals surface area (Å²) in [7, 11) is 0. The van der Waals surface area contributed by atoms with E-state index >= 15 is 0 Å². The third-order valence-electron chi connectivity index (χ3n) is 4.09. The molecule has 1 aromatic carbocycles. The first-order chi connectivity index (χ1) is 9.67. The maximum Gasteiger partial charge on any atom is 0.0570 e. The number of hydrogen-bond acceptors (Lipinski definition) is 2. The van der Waals surface area contributed by atoms with Crippen LogP contribution in [-0.4, -0.2) is 18.2 Å². The molecule has 0 saturated carbocycles. The summed E-state index contributed by atoms with van der Waals surface area (Å²) < 4.78 is 5.79. The molecule has 2 unspecified atom stereocenters. The molecule has 2 atom stereocenters. The fourth-order valence-electron chi connectivity index (χ4n) is 3.11. The molecule has 1 fully saturated rings. The van der Waals surface area contributed by atoms with Gasteiger partial charge in [-0.2, -0.15) is 0 Å². The van der Waals surface area contributed by atoms with Crippen LogP contribution >= 0.6 is 0 Å². The highest BCUT2D eigenvalue weighted by Crippen LogP contribution is 2.23. The molecular formula is C18H29NO. The summed E-state index contributed by atoms with van der Waals surface area (Å²) in [6, 6.07) is 9.53. The normalized spacial score (nSPS) is 26.4. The van der Waals surface area contributed by atoms with Crippen LogP contribution < -0.4 is 5.32 Å². The van der Waals surface area contributed by atoms with Crippen molar-refractivity contribution in [2.24, 2.45) is 0 Å². The van der Waals surface area contributed by atoms with Gasteiger partial charge in [0, 0.05) is 11.7 Å². The van der Waals surface area contributed by atoms with Crippen molar-refractivity contribution in [2.45, 2.75) is 77.5 Å². The van der Waals surface area contributed by atoms with E-state index in [1.165, 1.54) is 36.9 Å². The summed E-state index contributed by atoms with van der Waals surface area (Å²) >= 11 is 0. The largest absolute Gasteiger partial charge is 0.382 e. The number of unbranched alkanes of at least 4 members (excludes halogenated alkanes) is 2. The smallest absolute Gasteiger partial charge is 0.0570 e. The Morgan fingerprint density at radius 3 is 2.30 bits per heavy atom. The van der Waals surface area contributed by atoms with Gasteiger partial charge in [-0.15, -0.1) is 0 Å². The average Bonchev–Trinajstić information content (AvgIpc) is 2.40. The number of rotatable bonds is 6. The van der Waals surface area contributed by atoms with Crippen molar-refractivity contribution < 1.29 is 4.74 Å². The summed E-state index contributed by atoms with van der Waals surface area (Å²) in [5, 5.41) is 3.66. The van der Waals surface area contributed by atoms with Gasteiger partial charge in [-0.05, 0) is 57.2 Å². The Morgan fingerprint density at radius 2 is 1.70 bits per heavy atom. The SMILES string of the molecule is CCCCCc1ccc(NC2CC(C)OC(C)C2)cc1. The standard InChI is InChI=1S/C18H29NO/c1-4-5-6-7-16-8-10-17(11-9-16)19-18-12-14(2)20-15(3)13-18/h8-11,14-15,18-19H,4-7,12-13H2,1-3H3. The molecule has 1 aliphatic heterocycles. The van der Waals surface area contributed by atoms with Gasteiger partial charge in [-0.1, -0.05) is 31.9 Å². The Balaban J connectivity index is 1.83. The van der Waals surface area contributed by atoms with Gasteiger partial charge in [-0.3, -0.25) is 0 Å². The lowest BCUT2D eigenvalue weighted by molar-refractivity contribution is -0.0337. The van der Waals surface area contributed by atoms with Crippen LogP contribution in [0.5, 0.6) is 0 Å². The van der Waals surface area contributed by atoms with Crippen LogP contribution in [0.1, 0.15) is 58.4 Å². The number of nitrogens with one attached hydrogen (secondary N) is 1. The van der Waals surface area contributed by atoms with E-state index in [1.54, 1.807) is 0 Å². The van der Waals surface area contributed by atoms with Crippen LogP contribution in [0.25, 0.3) is 0 Å². The lowest BCUT2D eigenvalue weighted by Gasteiger charge is -2.33. The first-order valence-electron chi connectivity index (χ1n) is 8.18. The number of benzene rings is 1. The number of aryl methyl sites for hydroxylation is 1. The minimum atomic E-state index is 0.365. The molecule has 0 bridgehead atoms. The van der Waals surface area contributed by atoms with E-state index in [1.807, 2.05) is 0 Å². The molecule has 1 aliphatic rings. The molecule has 1 aromatic rings. The second-order valence-electron chi connectivity index (χ2n) is 6.22. The highest BCUT2D eigenvalue weighted by atomic mass is 16.5. The van der Waals surface area contributed by atoms with Crippen molar-refractivity contribution in [2.75, 3.05) is 5.32 Å². The summed E-state index contributed by atoms with van der Waals surface area (Å²) in [6.07, 6.45) is 8.06. The Bertz CT molecular complexity index is 377.